The zero-order valence-corrected chi connectivity index (χ0v) is 13.1. The maximum absolute atomic E-state index is 12.0. The summed E-state index contributed by atoms with van der Waals surface area (Å²) in [6.45, 7) is 0. The molecule has 0 radical (unpaired) electrons. The van der Waals surface area contributed by atoms with Gasteiger partial charge in [-0.05, 0) is 31.0 Å². The molecule has 0 aromatic heterocycles. The standard InChI is InChI=1S/C15H22N2O3S/c1-21(19,20)14-10-6-9-13(11-14)17-15(18)16-12-7-4-2-3-5-8-12/h6,9-12H,2-5,7-8H2,1H3,(H2,16,17,18). The number of benzene rings is 1. The van der Waals surface area contributed by atoms with Crippen LogP contribution in [0.3, 0.4) is 0 Å². The van der Waals surface area contributed by atoms with Crippen LogP contribution in [-0.2, 0) is 9.84 Å². The van der Waals surface area contributed by atoms with Gasteiger partial charge in [0, 0.05) is 18.0 Å². The van der Waals surface area contributed by atoms with Crippen molar-refractivity contribution in [3.8, 4) is 0 Å². The van der Waals surface area contributed by atoms with E-state index in [9.17, 15) is 13.2 Å². The van der Waals surface area contributed by atoms with Crippen molar-refractivity contribution in [2.45, 2.75) is 49.5 Å². The fourth-order valence-electron chi connectivity index (χ4n) is 2.58. The zero-order chi connectivity index (χ0) is 15.3. The number of nitrogens with one attached hydrogen (secondary N) is 2. The Labute approximate surface area is 126 Å². The predicted octanol–water partition coefficient (Wildman–Crippen LogP) is 2.93. The molecule has 1 fully saturated rings. The Morgan fingerprint density at radius 2 is 1.81 bits per heavy atom. The van der Waals surface area contributed by atoms with Crippen molar-refractivity contribution in [1.29, 1.82) is 0 Å². The minimum Gasteiger partial charge on any atom is -0.335 e. The van der Waals surface area contributed by atoms with Gasteiger partial charge in [-0.1, -0.05) is 31.7 Å². The molecule has 1 aliphatic rings. The van der Waals surface area contributed by atoms with E-state index in [1.807, 2.05) is 0 Å². The van der Waals surface area contributed by atoms with Gasteiger partial charge in [0.15, 0.2) is 9.84 Å². The first-order valence-electron chi connectivity index (χ1n) is 7.33. The van der Waals surface area contributed by atoms with Gasteiger partial charge in [0.2, 0.25) is 0 Å². The molecule has 2 rings (SSSR count). The highest BCUT2D eigenvalue weighted by Crippen LogP contribution is 2.18. The van der Waals surface area contributed by atoms with Gasteiger partial charge < -0.3 is 10.6 Å². The summed E-state index contributed by atoms with van der Waals surface area (Å²) >= 11 is 0. The van der Waals surface area contributed by atoms with E-state index < -0.39 is 9.84 Å². The van der Waals surface area contributed by atoms with Gasteiger partial charge in [-0.2, -0.15) is 0 Å². The largest absolute Gasteiger partial charge is 0.335 e. The van der Waals surface area contributed by atoms with Crippen molar-refractivity contribution in [1.82, 2.24) is 5.32 Å². The number of hydrogen-bond acceptors (Lipinski definition) is 3. The fraction of sp³-hybridized carbons (Fsp3) is 0.533. The number of anilines is 1. The van der Waals surface area contributed by atoms with E-state index in [2.05, 4.69) is 10.6 Å². The summed E-state index contributed by atoms with van der Waals surface area (Å²) in [4.78, 5) is 12.2. The monoisotopic (exact) mass is 310 g/mol. The second-order valence-electron chi connectivity index (χ2n) is 5.59. The summed E-state index contributed by atoms with van der Waals surface area (Å²) in [7, 11) is -3.26. The van der Waals surface area contributed by atoms with Gasteiger partial charge in [0.05, 0.1) is 4.90 Å². The highest BCUT2D eigenvalue weighted by molar-refractivity contribution is 7.90. The molecule has 0 atom stereocenters. The summed E-state index contributed by atoms with van der Waals surface area (Å²) in [6, 6.07) is 6.24. The molecule has 6 heteroatoms. The van der Waals surface area contributed by atoms with Crippen molar-refractivity contribution in [2.75, 3.05) is 11.6 Å². The number of sulfone groups is 1. The van der Waals surface area contributed by atoms with Crippen LogP contribution in [0.15, 0.2) is 29.2 Å². The first kappa shape index (κ1) is 15.8. The molecule has 0 saturated heterocycles. The van der Waals surface area contributed by atoms with Crippen molar-refractivity contribution in [3.05, 3.63) is 24.3 Å². The topological polar surface area (TPSA) is 75.3 Å². The van der Waals surface area contributed by atoms with Gasteiger partial charge >= 0.3 is 6.03 Å². The molecule has 2 amide bonds. The van der Waals surface area contributed by atoms with Crippen LogP contribution < -0.4 is 10.6 Å². The number of carbonyl (C=O) groups is 1. The van der Waals surface area contributed by atoms with Crippen molar-refractivity contribution in [3.63, 3.8) is 0 Å². The first-order chi connectivity index (χ1) is 9.95. The second kappa shape index (κ2) is 6.93. The number of rotatable bonds is 3. The third kappa shape index (κ3) is 5.04. The highest BCUT2D eigenvalue weighted by atomic mass is 32.2. The molecule has 5 nitrogen and oxygen atoms in total. The first-order valence-corrected chi connectivity index (χ1v) is 9.22. The molecule has 21 heavy (non-hydrogen) atoms. The lowest BCUT2D eigenvalue weighted by atomic mass is 10.1. The van der Waals surface area contributed by atoms with E-state index >= 15 is 0 Å². The van der Waals surface area contributed by atoms with Crippen LogP contribution in [0.1, 0.15) is 38.5 Å². The number of amides is 2. The zero-order valence-electron chi connectivity index (χ0n) is 12.3. The van der Waals surface area contributed by atoms with Crippen molar-refractivity contribution >= 4 is 21.6 Å². The van der Waals surface area contributed by atoms with Gasteiger partial charge in [-0.15, -0.1) is 0 Å². The van der Waals surface area contributed by atoms with E-state index in [1.165, 1.54) is 25.0 Å². The maximum atomic E-state index is 12.0. The minimum atomic E-state index is -3.26. The number of hydrogen-bond donors (Lipinski definition) is 2. The summed E-state index contributed by atoms with van der Waals surface area (Å²) in [5.41, 5.74) is 0.490. The third-order valence-electron chi connectivity index (χ3n) is 3.71. The molecular weight excluding hydrogens is 288 g/mol. The molecule has 1 aliphatic carbocycles. The molecule has 1 aromatic carbocycles. The highest BCUT2D eigenvalue weighted by Gasteiger charge is 2.15. The van der Waals surface area contributed by atoms with Crippen LogP contribution in [-0.4, -0.2) is 26.7 Å². The Morgan fingerprint density at radius 3 is 2.43 bits per heavy atom. The minimum absolute atomic E-state index is 0.203. The average Bonchev–Trinajstić information content (AvgIpc) is 2.66. The predicted molar refractivity (Wildman–Crippen MR) is 83.2 cm³/mol. The summed E-state index contributed by atoms with van der Waals surface area (Å²) in [6.07, 6.45) is 7.93. The Kier molecular flexibility index (Phi) is 5.22. The van der Waals surface area contributed by atoms with E-state index in [4.69, 9.17) is 0 Å². The van der Waals surface area contributed by atoms with Crippen LogP contribution in [0.2, 0.25) is 0 Å². The molecule has 1 saturated carbocycles. The van der Waals surface area contributed by atoms with Crippen LogP contribution in [0, 0.1) is 0 Å². The molecule has 0 spiro atoms. The fourth-order valence-corrected chi connectivity index (χ4v) is 3.25. The van der Waals surface area contributed by atoms with Crippen molar-refractivity contribution < 1.29 is 13.2 Å². The van der Waals surface area contributed by atoms with Crippen LogP contribution in [0.5, 0.6) is 0 Å². The summed E-state index contributed by atoms with van der Waals surface area (Å²) in [5, 5.41) is 5.67. The molecule has 116 valence electrons. The molecule has 0 bridgehead atoms. The van der Waals surface area contributed by atoms with Crippen LogP contribution in [0.4, 0.5) is 10.5 Å². The van der Waals surface area contributed by atoms with E-state index in [0.29, 0.717) is 5.69 Å². The number of carbonyl (C=O) groups excluding carboxylic acids is 1. The number of urea groups is 1. The molecule has 0 aliphatic heterocycles. The third-order valence-corrected chi connectivity index (χ3v) is 4.82. The maximum Gasteiger partial charge on any atom is 0.319 e. The SMILES string of the molecule is CS(=O)(=O)c1cccc(NC(=O)NC2CCCCCC2)c1. The lowest BCUT2D eigenvalue weighted by Crippen LogP contribution is -2.37. The molecule has 0 heterocycles. The smallest absolute Gasteiger partial charge is 0.319 e. The van der Waals surface area contributed by atoms with Crippen LogP contribution in [0.25, 0.3) is 0 Å². The molecule has 1 aromatic rings. The van der Waals surface area contributed by atoms with Gasteiger partial charge in [-0.3, -0.25) is 0 Å². The van der Waals surface area contributed by atoms with Crippen LogP contribution >= 0.6 is 0 Å². The quantitative estimate of drug-likeness (QED) is 0.843. The van der Waals surface area contributed by atoms with Gasteiger partial charge in [-0.25, -0.2) is 13.2 Å². The van der Waals surface area contributed by atoms with E-state index in [0.717, 1.165) is 31.9 Å². The van der Waals surface area contributed by atoms with E-state index in [-0.39, 0.29) is 17.0 Å². The Balaban J connectivity index is 1.96. The average molecular weight is 310 g/mol. The lowest BCUT2D eigenvalue weighted by molar-refractivity contribution is 0.247. The van der Waals surface area contributed by atoms with Gasteiger partial charge in [0.1, 0.15) is 0 Å². The lowest BCUT2D eigenvalue weighted by Gasteiger charge is -2.16. The summed E-state index contributed by atoms with van der Waals surface area (Å²) in [5.74, 6) is 0. The van der Waals surface area contributed by atoms with Crippen molar-refractivity contribution in [2.24, 2.45) is 0 Å². The molecular formula is C15H22N2O3S. The second-order valence-corrected chi connectivity index (χ2v) is 7.60. The normalized spacial score (nSPS) is 17.0. The molecule has 0 unspecified atom stereocenters. The Morgan fingerprint density at radius 1 is 1.14 bits per heavy atom. The van der Waals surface area contributed by atoms with Gasteiger partial charge in [0.25, 0.3) is 0 Å². The Hall–Kier alpha value is -1.56. The molecule has 2 N–H and O–H groups in total. The Bertz CT molecular complexity index is 591. The van der Waals surface area contributed by atoms with E-state index in [1.54, 1.807) is 12.1 Å². The summed E-state index contributed by atoms with van der Waals surface area (Å²) < 4.78 is 23.0.